The summed E-state index contributed by atoms with van der Waals surface area (Å²) in [5.74, 6) is 0.447. The van der Waals surface area contributed by atoms with E-state index in [1.54, 1.807) is 0 Å². The van der Waals surface area contributed by atoms with Crippen LogP contribution in [0.5, 0.6) is 0 Å². The highest BCUT2D eigenvalue weighted by Gasteiger charge is 2.45. The number of aliphatic hydroxyl groups excluding tert-OH is 2. The minimum Gasteiger partial charge on any atom is -0.387 e. The first-order chi connectivity index (χ1) is 15.0. The maximum absolute atomic E-state index is 11.8. The second-order valence-electron chi connectivity index (χ2n) is 6.61. The number of rotatable bonds is 9. The molecular formula is C16H20N2O11P2S. The number of benzene rings is 1. The van der Waals surface area contributed by atoms with Crippen LogP contribution in [0.2, 0.25) is 0 Å². The summed E-state index contributed by atoms with van der Waals surface area (Å²) < 4.78 is 37.3. The minimum atomic E-state index is -5.32. The Hall–Kier alpha value is -1.41. The number of phosphoric acid groups is 2. The van der Waals surface area contributed by atoms with E-state index in [0.717, 1.165) is 11.6 Å². The van der Waals surface area contributed by atoms with Crippen LogP contribution in [0.3, 0.4) is 0 Å². The first-order valence-electron chi connectivity index (χ1n) is 8.97. The first kappa shape index (κ1) is 25.2. The Kier molecular flexibility index (Phi) is 8.07. The summed E-state index contributed by atoms with van der Waals surface area (Å²) in [4.78, 5) is 42.3. The highest BCUT2D eigenvalue weighted by Crippen LogP contribution is 2.57. The summed E-state index contributed by atoms with van der Waals surface area (Å²) in [5.41, 5.74) is 0.422. The zero-order valence-corrected chi connectivity index (χ0v) is 18.8. The zero-order chi connectivity index (χ0) is 23.5. The van der Waals surface area contributed by atoms with Crippen molar-refractivity contribution in [3.63, 3.8) is 0 Å². The molecule has 1 aliphatic heterocycles. The van der Waals surface area contributed by atoms with Crippen molar-refractivity contribution in [1.29, 1.82) is 0 Å². The highest BCUT2D eigenvalue weighted by atomic mass is 32.2. The number of aliphatic hydroxyl groups is 2. The van der Waals surface area contributed by atoms with Gasteiger partial charge in [-0.1, -0.05) is 42.1 Å². The predicted molar refractivity (Wildman–Crippen MR) is 109 cm³/mol. The second kappa shape index (κ2) is 10.2. The molecule has 2 heterocycles. The Morgan fingerprint density at radius 3 is 2.44 bits per heavy atom. The SMILES string of the molecule is O=c1ccn([C@@H]2O[C@H](COP(=O)(O)OP(=O)(O)O)[C@@H](O)[C@H]2O)c(SCc2ccccc2)n1. The van der Waals surface area contributed by atoms with Crippen molar-refractivity contribution in [1.82, 2.24) is 9.55 Å². The van der Waals surface area contributed by atoms with Gasteiger partial charge in [0.2, 0.25) is 0 Å². The summed E-state index contributed by atoms with van der Waals surface area (Å²) in [5, 5.41) is 20.9. The van der Waals surface area contributed by atoms with Crippen LogP contribution in [-0.4, -0.2) is 59.4 Å². The van der Waals surface area contributed by atoms with E-state index in [9.17, 15) is 29.0 Å². The summed E-state index contributed by atoms with van der Waals surface area (Å²) in [6.07, 6.45) is -4.40. The molecule has 1 aromatic carbocycles. The number of nitrogens with zero attached hydrogens (tertiary/aromatic N) is 2. The Balaban J connectivity index is 1.73. The third-order valence-electron chi connectivity index (χ3n) is 4.24. The van der Waals surface area contributed by atoms with Gasteiger partial charge >= 0.3 is 15.6 Å². The van der Waals surface area contributed by atoms with Gasteiger partial charge in [-0.2, -0.15) is 9.29 Å². The van der Waals surface area contributed by atoms with Crippen LogP contribution in [0.25, 0.3) is 0 Å². The fourth-order valence-electron chi connectivity index (χ4n) is 2.84. The molecule has 176 valence electrons. The van der Waals surface area contributed by atoms with Crippen molar-refractivity contribution < 1.29 is 47.6 Å². The molecule has 5 N–H and O–H groups in total. The van der Waals surface area contributed by atoms with Crippen molar-refractivity contribution in [2.24, 2.45) is 0 Å². The van der Waals surface area contributed by atoms with Gasteiger partial charge in [-0.25, -0.2) is 9.13 Å². The van der Waals surface area contributed by atoms with Crippen LogP contribution < -0.4 is 5.56 Å². The average molecular weight is 510 g/mol. The Labute approximate surface area is 185 Å². The van der Waals surface area contributed by atoms with Crippen molar-refractivity contribution in [3.8, 4) is 0 Å². The number of thioether (sulfide) groups is 1. The molecule has 16 heteroatoms. The molecule has 32 heavy (non-hydrogen) atoms. The van der Waals surface area contributed by atoms with Gasteiger partial charge < -0.3 is 29.6 Å². The number of hydrogen-bond donors (Lipinski definition) is 5. The van der Waals surface area contributed by atoms with Gasteiger partial charge in [0.1, 0.15) is 18.3 Å². The lowest BCUT2D eigenvalue weighted by molar-refractivity contribution is -0.0569. The summed E-state index contributed by atoms with van der Waals surface area (Å²) in [6, 6.07) is 10.4. The lowest BCUT2D eigenvalue weighted by Crippen LogP contribution is -2.34. The number of aromatic nitrogens is 2. The summed E-state index contributed by atoms with van der Waals surface area (Å²) in [6.45, 7) is -0.831. The van der Waals surface area contributed by atoms with Crippen molar-refractivity contribution in [2.45, 2.75) is 35.4 Å². The largest absolute Gasteiger partial charge is 0.481 e. The lowest BCUT2D eigenvalue weighted by Gasteiger charge is -2.21. The lowest BCUT2D eigenvalue weighted by atomic mass is 10.1. The van der Waals surface area contributed by atoms with Crippen LogP contribution in [0.15, 0.2) is 52.5 Å². The summed E-state index contributed by atoms with van der Waals surface area (Å²) >= 11 is 1.19. The Morgan fingerprint density at radius 2 is 1.78 bits per heavy atom. The minimum absolute atomic E-state index is 0.192. The zero-order valence-electron chi connectivity index (χ0n) is 16.1. The second-order valence-corrected chi connectivity index (χ2v) is 10.4. The summed E-state index contributed by atoms with van der Waals surface area (Å²) in [7, 11) is -10.5. The standard InChI is InChI=1S/C16H20N2O11P2S/c19-12-6-7-18(16(17-12)32-9-10-4-2-1-3-5-10)15-14(21)13(20)11(28-15)8-27-31(25,26)29-30(22,23)24/h1-7,11,13-15,20-21H,8-9H2,(H,25,26)(H2,22,23,24)/t11-,13-,14-,15-/m1/s1. The van der Waals surface area contributed by atoms with Gasteiger partial charge in [-0.3, -0.25) is 13.9 Å². The van der Waals surface area contributed by atoms with Crippen LogP contribution in [0.1, 0.15) is 11.8 Å². The predicted octanol–water partition coefficient (Wildman–Crippen LogP) is 0.381. The first-order valence-corrected chi connectivity index (χ1v) is 13.0. The van der Waals surface area contributed by atoms with E-state index >= 15 is 0 Å². The quantitative estimate of drug-likeness (QED) is 0.176. The van der Waals surface area contributed by atoms with Crippen molar-refractivity contribution in [3.05, 3.63) is 58.5 Å². The number of hydrogen-bond acceptors (Lipinski definition) is 10. The molecule has 13 nitrogen and oxygen atoms in total. The van der Waals surface area contributed by atoms with Crippen LogP contribution >= 0.6 is 27.4 Å². The van der Waals surface area contributed by atoms with Gasteiger partial charge in [-0.05, 0) is 5.56 Å². The van der Waals surface area contributed by atoms with Crippen LogP contribution in [-0.2, 0) is 28.5 Å². The fraction of sp³-hybridized carbons (Fsp3) is 0.375. The smallest absolute Gasteiger partial charge is 0.387 e. The molecule has 1 aliphatic rings. The van der Waals surface area contributed by atoms with Gasteiger partial charge in [0.15, 0.2) is 11.4 Å². The van der Waals surface area contributed by atoms with Gasteiger partial charge in [0.05, 0.1) is 6.61 Å². The fourth-order valence-corrected chi connectivity index (χ4v) is 5.40. The van der Waals surface area contributed by atoms with E-state index in [1.165, 1.54) is 22.5 Å². The van der Waals surface area contributed by atoms with E-state index in [4.69, 9.17) is 14.5 Å². The molecule has 0 bridgehead atoms. The molecule has 0 spiro atoms. The van der Waals surface area contributed by atoms with E-state index in [1.807, 2.05) is 30.3 Å². The molecule has 5 atom stereocenters. The monoisotopic (exact) mass is 510 g/mol. The molecular weight excluding hydrogens is 490 g/mol. The Bertz CT molecular complexity index is 1080. The molecule has 1 aromatic heterocycles. The number of ether oxygens (including phenoxy) is 1. The van der Waals surface area contributed by atoms with Gasteiger partial charge in [0.25, 0.3) is 5.56 Å². The van der Waals surface area contributed by atoms with Crippen LogP contribution in [0, 0.1) is 0 Å². The Morgan fingerprint density at radius 1 is 1.09 bits per heavy atom. The molecule has 1 unspecified atom stereocenters. The van der Waals surface area contributed by atoms with Gasteiger partial charge in [0, 0.05) is 18.0 Å². The maximum atomic E-state index is 11.8. The van der Waals surface area contributed by atoms with Crippen molar-refractivity contribution in [2.75, 3.05) is 6.61 Å². The van der Waals surface area contributed by atoms with E-state index in [0.29, 0.717) is 5.75 Å². The third kappa shape index (κ3) is 6.80. The topological polar surface area (TPSA) is 198 Å². The third-order valence-corrected chi connectivity index (χ3v) is 7.43. The molecule has 0 radical (unpaired) electrons. The van der Waals surface area contributed by atoms with E-state index in [2.05, 4.69) is 13.8 Å². The molecule has 1 saturated heterocycles. The van der Waals surface area contributed by atoms with Gasteiger partial charge in [-0.15, -0.1) is 0 Å². The number of phosphoric ester groups is 1. The van der Waals surface area contributed by atoms with E-state index < -0.39 is 52.4 Å². The average Bonchev–Trinajstić information content (AvgIpc) is 2.98. The molecule has 1 fully saturated rings. The molecule has 0 amide bonds. The van der Waals surface area contributed by atoms with E-state index in [-0.39, 0.29) is 5.16 Å². The molecule has 0 saturated carbocycles. The normalized spacial score (nSPS) is 25.5. The highest BCUT2D eigenvalue weighted by molar-refractivity contribution is 7.98. The maximum Gasteiger partial charge on any atom is 0.481 e. The molecule has 2 aromatic rings. The molecule has 3 rings (SSSR count). The molecule has 0 aliphatic carbocycles. The van der Waals surface area contributed by atoms with Crippen LogP contribution in [0.4, 0.5) is 0 Å². The van der Waals surface area contributed by atoms with Crippen molar-refractivity contribution >= 4 is 27.4 Å².